The molecular formula is C18H23F3N4O3S. The van der Waals surface area contributed by atoms with Gasteiger partial charge in [0.25, 0.3) is 5.56 Å². The maximum absolute atomic E-state index is 13.2. The molecule has 0 radical (unpaired) electrons. The largest absolute Gasteiger partial charge is 0.390 e. The third kappa shape index (κ3) is 4.25. The van der Waals surface area contributed by atoms with E-state index in [1.54, 1.807) is 6.92 Å². The summed E-state index contributed by atoms with van der Waals surface area (Å²) in [6.07, 6.45) is -3.89. The zero-order valence-corrected chi connectivity index (χ0v) is 17.2. The number of alkyl halides is 3. The van der Waals surface area contributed by atoms with Gasteiger partial charge in [-0.3, -0.25) is 24.1 Å². The molecule has 1 amide bonds. The Morgan fingerprint density at radius 2 is 1.93 bits per heavy atom. The average molecular weight is 432 g/mol. The minimum absolute atomic E-state index is 0.0123. The van der Waals surface area contributed by atoms with Gasteiger partial charge in [-0.25, -0.2) is 10.2 Å². The fourth-order valence-corrected chi connectivity index (χ4v) is 5.16. The third-order valence-corrected chi connectivity index (χ3v) is 6.63. The molecule has 1 saturated carbocycles. The normalized spacial score (nSPS) is 16.8. The zero-order valence-electron chi connectivity index (χ0n) is 16.4. The van der Waals surface area contributed by atoms with E-state index in [4.69, 9.17) is 0 Å². The Kier molecular flexibility index (Phi) is 5.65. The van der Waals surface area contributed by atoms with Crippen molar-refractivity contribution in [2.24, 2.45) is 5.41 Å². The Morgan fingerprint density at radius 1 is 1.28 bits per heavy atom. The van der Waals surface area contributed by atoms with Crippen molar-refractivity contribution >= 4 is 28.0 Å². The number of aromatic nitrogens is 2. The Labute approximate surface area is 168 Å². The van der Waals surface area contributed by atoms with Gasteiger partial charge < -0.3 is 0 Å². The molecule has 2 aromatic rings. The lowest BCUT2D eigenvalue weighted by Gasteiger charge is -2.43. The van der Waals surface area contributed by atoms with E-state index in [9.17, 15) is 27.6 Å². The second-order valence-electron chi connectivity index (χ2n) is 8.15. The summed E-state index contributed by atoms with van der Waals surface area (Å²) >= 11 is 1.09. The van der Waals surface area contributed by atoms with Gasteiger partial charge in [-0.15, -0.1) is 11.3 Å². The van der Waals surface area contributed by atoms with Crippen molar-refractivity contribution in [2.75, 3.05) is 0 Å². The highest BCUT2D eigenvalue weighted by Crippen LogP contribution is 2.46. The maximum atomic E-state index is 13.2. The number of carbonyl (C=O) groups is 1. The lowest BCUT2D eigenvalue weighted by Crippen LogP contribution is -2.48. The molecule has 7 nitrogen and oxygen atoms in total. The first-order valence-electron chi connectivity index (χ1n) is 9.21. The molecule has 0 bridgehead atoms. The predicted octanol–water partition coefficient (Wildman–Crippen LogP) is 2.60. The molecule has 2 N–H and O–H groups in total. The van der Waals surface area contributed by atoms with Gasteiger partial charge in [0, 0.05) is 24.0 Å². The second-order valence-corrected chi connectivity index (χ2v) is 9.23. The van der Waals surface area contributed by atoms with E-state index in [-0.39, 0.29) is 28.2 Å². The Morgan fingerprint density at radius 3 is 2.48 bits per heavy atom. The number of amides is 1. The highest BCUT2D eigenvalue weighted by atomic mass is 32.1. The van der Waals surface area contributed by atoms with Gasteiger partial charge in [-0.05, 0) is 30.7 Å². The molecule has 0 aliphatic heterocycles. The average Bonchev–Trinajstić information content (AvgIpc) is 2.89. The van der Waals surface area contributed by atoms with E-state index in [0.717, 1.165) is 20.5 Å². The number of nitrogens with one attached hydrogen (secondary N) is 2. The number of hydrogen-bond donors (Lipinski definition) is 2. The van der Waals surface area contributed by atoms with E-state index in [1.165, 1.54) is 0 Å². The van der Waals surface area contributed by atoms with Crippen LogP contribution in [0.3, 0.4) is 0 Å². The number of aryl methyl sites for hydroxylation is 2. The molecule has 29 heavy (non-hydrogen) atoms. The van der Waals surface area contributed by atoms with Crippen molar-refractivity contribution in [3.63, 3.8) is 0 Å². The van der Waals surface area contributed by atoms with E-state index < -0.39 is 30.4 Å². The van der Waals surface area contributed by atoms with E-state index >= 15 is 0 Å². The van der Waals surface area contributed by atoms with Crippen LogP contribution in [-0.2, 0) is 17.9 Å². The quantitative estimate of drug-likeness (QED) is 0.400. The number of hydrazine groups is 1. The van der Waals surface area contributed by atoms with Crippen LogP contribution in [0.15, 0.2) is 9.59 Å². The Bertz CT molecular complexity index is 1040. The number of thiophene rings is 1. The van der Waals surface area contributed by atoms with Crippen LogP contribution in [0.5, 0.6) is 0 Å². The fraction of sp³-hybridized carbons (Fsp3) is 0.611. The third-order valence-electron chi connectivity index (χ3n) is 5.31. The van der Waals surface area contributed by atoms with Crippen molar-refractivity contribution in [1.82, 2.24) is 20.0 Å². The SMILES string of the molecule is Cc1c(CNNC=O)sc2c1c(=O)n(C1CC(C)(C)C1)c(=O)n2CCC(F)(F)F. The molecule has 2 heterocycles. The highest BCUT2D eigenvalue weighted by Gasteiger charge is 2.39. The summed E-state index contributed by atoms with van der Waals surface area (Å²) < 4.78 is 40.7. The molecular weight excluding hydrogens is 409 g/mol. The molecule has 2 aromatic heterocycles. The predicted molar refractivity (Wildman–Crippen MR) is 104 cm³/mol. The summed E-state index contributed by atoms with van der Waals surface area (Å²) in [7, 11) is 0. The van der Waals surface area contributed by atoms with Gasteiger partial charge in [0.2, 0.25) is 6.41 Å². The van der Waals surface area contributed by atoms with Crippen LogP contribution in [0.4, 0.5) is 13.2 Å². The van der Waals surface area contributed by atoms with Crippen LogP contribution < -0.4 is 22.1 Å². The summed E-state index contributed by atoms with van der Waals surface area (Å²) in [5, 5.41) is 0.268. The lowest BCUT2D eigenvalue weighted by molar-refractivity contribution is -0.136. The number of halogens is 3. The van der Waals surface area contributed by atoms with Crippen LogP contribution >= 0.6 is 11.3 Å². The molecule has 0 saturated heterocycles. The molecule has 0 unspecified atom stereocenters. The van der Waals surface area contributed by atoms with Crippen LogP contribution in [-0.4, -0.2) is 21.7 Å². The number of fused-ring (bicyclic) bond motifs is 1. The van der Waals surface area contributed by atoms with Crippen LogP contribution in [0, 0.1) is 12.3 Å². The van der Waals surface area contributed by atoms with Crippen LogP contribution in [0.1, 0.15) is 49.6 Å². The molecule has 0 spiro atoms. The van der Waals surface area contributed by atoms with Gasteiger partial charge in [-0.2, -0.15) is 13.2 Å². The highest BCUT2D eigenvalue weighted by molar-refractivity contribution is 7.18. The van der Waals surface area contributed by atoms with Gasteiger partial charge in [0.1, 0.15) is 4.83 Å². The van der Waals surface area contributed by atoms with Crippen LogP contribution in [0.2, 0.25) is 0 Å². The monoisotopic (exact) mass is 432 g/mol. The number of nitrogens with zero attached hydrogens (tertiary/aromatic N) is 2. The topological polar surface area (TPSA) is 85.1 Å². The van der Waals surface area contributed by atoms with Crippen molar-refractivity contribution in [3.05, 3.63) is 31.3 Å². The summed E-state index contributed by atoms with van der Waals surface area (Å²) in [5.74, 6) is 0. The first-order chi connectivity index (χ1) is 13.4. The smallest absolute Gasteiger partial charge is 0.294 e. The molecule has 0 atom stereocenters. The van der Waals surface area contributed by atoms with Crippen LogP contribution in [0.25, 0.3) is 10.2 Å². The minimum Gasteiger partial charge on any atom is -0.294 e. The molecule has 3 rings (SSSR count). The van der Waals surface area contributed by atoms with Crippen molar-refractivity contribution < 1.29 is 18.0 Å². The first-order valence-corrected chi connectivity index (χ1v) is 10.0. The second kappa shape index (κ2) is 7.60. The molecule has 1 aliphatic carbocycles. The van der Waals surface area contributed by atoms with Crippen molar-refractivity contribution in [2.45, 2.75) is 65.3 Å². The summed E-state index contributed by atoms with van der Waals surface area (Å²) in [6, 6.07) is -0.316. The standard InChI is InChI=1S/C18H23F3N4O3S/c1-10-12(8-22-23-9-26)29-15-13(10)14(27)25(11-6-17(2,3)7-11)16(28)24(15)5-4-18(19,20)21/h9,11,22H,4-8H2,1-3H3,(H,23,26). The summed E-state index contributed by atoms with van der Waals surface area (Å²) in [4.78, 5) is 37.5. The zero-order chi connectivity index (χ0) is 21.6. The Balaban J connectivity index is 2.16. The van der Waals surface area contributed by atoms with Crippen molar-refractivity contribution in [1.29, 1.82) is 0 Å². The number of hydrogen-bond acceptors (Lipinski definition) is 5. The minimum atomic E-state index is -4.42. The number of carbonyl (C=O) groups excluding carboxylic acids is 1. The summed E-state index contributed by atoms with van der Waals surface area (Å²) in [5.41, 5.74) is 4.37. The van der Waals surface area contributed by atoms with Gasteiger partial charge in [-0.1, -0.05) is 13.8 Å². The fourth-order valence-electron chi connectivity index (χ4n) is 3.91. The van der Waals surface area contributed by atoms with Gasteiger partial charge in [0.15, 0.2) is 0 Å². The molecule has 0 aromatic carbocycles. The first kappa shape index (κ1) is 21.6. The maximum Gasteiger partial charge on any atom is 0.390 e. The molecule has 160 valence electrons. The van der Waals surface area contributed by atoms with E-state index in [1.807, 2.05) is 13.8 Å². The van der Waals surface area contributed by atoms with E-state index in [0.29, 0.717) is 29.7 Å². The molecule has 1 aliphatic rings. The molecule has 11 heteroatoms. The Hall–Kier alpha value is -2.14. The van der Waals surface area contributed by atoms with Gasteiger partial charge >= 0.3 is 11.9 Å². The number of rotatable bonds is 7. The molecule has 1 fully saturated rings. The van der Waals surface area contributed by atoms with E-state index in [2.05, 4.69) is 10.9 Å². The lowest BCUT2D eigenvalue weighted by atomic mass is 9.68. The summed E-state index contributed by atoms with van der Waals surface area (Å²) in [6.45, 7) is 5.39. The van der Waals surface area contributed by atoms with Crippen molar-refractivity contribution in [3.8, 4) is 0 Å². The van der Waals surface area contributed by atoms with Gasteiger partial charge in [0.05, 0.1) is 11.8 Å².